The molecule has 2 rings (SSSR count). The molecular weight excluding hydrogens is 292 g/mol. The lowest BCUT2D eigenvalue weighted by molar-refractivity contribution is 0.274. The number of aryl methyl sites for hydroxylation is 2. The van der Waals surface area contributed by atoms with Gasteiger partial charge in [0.05, 0.1) is 6.61 Å². The standard InChI is InChI=1S/C14H24N2O4S/c1-10-8-15(4)6-5-7-16(10)21(18,19)14-12(3)20-11(2)13(14)9-17/h10,17H,5-9H2,1-4H3. The number of hydrogen-bond donors (Lipinski definition) is 1. The molecule has 1 aromatic rings. The molecule has 1 unspecified atom stereocenters. The van der Waals surface area contributed by atoms with Crippen molar-refractivity contribution in [1.29, 1.82) is 0 Å². The van der Waals surface area contributed by atoms with Gasteiger partial charge in [0.25, 0.3) is 0 Å². The molecule has 1 aromatic heterocycles. The molecule has 1 atom stereocenters. The smallest absolute Gasteiger partial charge is 0.247 e. The van der Waals surface area contributed by atoms with Gasteiger partial charge in [0, 0.05) is 24.7 Å². The van der Waals surface area contributed by atoms with Crippen molar-refractivity contribution in [1.82, 2.24) is 9.21 Å². The van der Waals surface area contributed by atoms with Gasteiger partial charge in [0.15, 0.2) is 0 Å². The summed E-state index contributed by atoms with van der Waals surface area (Å²) in [6.07, 6.45) is 0.796. The van der Waals surface area contributed by atoms with E-state index in [4.69, 9.17) is 4.42 Å². The number of furan rings is 1. The van der Waals surface area contributed by atoms with E-state index in [2.05, 4.69) is 4.90 Å². The highest BCUT2D eigenvalue weighted by molar-refractivity contribution is 7.89. The van der Waals surface area contributed by atoms with E-state index in [9.17, 15) is 13.5 Å². The Hall–Kier alpha value is -0.890. The van der Waals surface area contributed by atoms with Crippen molar-refractivity contribution in [3.05, 3.63) is 17.1 Å². The summed E-state index contributed by atoms with van der Waals surface area (Å²) in [6, 6.07) is -0.108. The van der Waals surface area contributed by atoms with Crippen LogP contribution in [-0.4, -0.2) is 55.5 Å². The van der Waals surface area contributed by atoms with Crippen LogP contribution in [0.3, 0.4) is 0 Å². The summed E-state index contributed by atoms with van der Waals surface area (Å²) >= 11 is 0. The van der Waals surface area contributed by atoms with Crippen molar-refractivity contribution in [3.8, 4) is 0 Å². The van der Waals surface area contributed by atoms with Gasteiger partial charge in [-0.3, -0.25) is 0 Å². The van der Waals surface area contributed by atoms with E-state index in [0.717, 1.165) is 13.0 Å². The number of likely N-dealkylation sites (N-methyl/N-ethyl adjacent to an activating group) is 1. The third kappa shape index (κ3) is 3.01. The molecule has 0 radical (unpaired) electrons. The Morgan fingerprint density at radius 1 is 1.29 bits per heavy atom. The molecule has 21 heavy (non-hydrogen) atoms. The fourth-order valence-electron chi connectivity index (χ4n) is 3.06. The summed E-state index contributed by atoms with van der Waals surface area (Å²) in [7, 11) is -1.66. The fourth-order valence-corrected chi connectivity index (χ4v) is 5.12. The molecule has 0 bridgehead atoms. The normalized spacial score (nSPS) is 22.4. The first-order chi connectivity index (χ1) is 9.78. The van der Waals surface area contributed by atoms with Gasteiger partial charge >= 0.3 is 0 Å². The molecule has 1 fully saturated rings. The molecule has 1 saturated heterocycles. The lowest BCUT2D eigenvalue weighted by Crippen LogP contribution is -2.42. The van der Waals surface area contributed by atoms with Gasteiger partial charge in [0.2, 0.25) is 10.0 Å². The van der Waals surface area contributed by atoms with E-state index < -0.39 is 10.0 Å². The summed E-state index contributed by atoms with van der Waals surface area (Å²) in [5.41, 5.74) is 0.373. The van der Waals surface area contributed by atoms with Crippen LogP contribution in [0, 0.1) is 13.8 Å². The second-order valence-corrected chi connectivity index (χ2v) is 7.59. The third-order valence-corrected chi connectivity index (χ3v) is 6.25. The number of aliphatic hydroxyl groups excluding tert-OH is 1. The molecule has 1 aliphatic rings. The topological polar surface area (TPSA) is 74.0 Å². The van der Waals surface area contributed by atoms with Crippen LogP contribution in [-0.2, 0) is 16.6 Å². The summed E-state index contributed by atoms with van der Waals surface area (Å²) in [6.45, 7) is 6.96. The van der Waals surface area contributed by atoms with Gasteiger partial charge in [-0.05, 0) is 40.8 Å². The molecule has 0 aromatic carbocycles. The molecule has 0 amide bonds. The highest BCUT2D eigenvalue weighted by Crippen LogP contribution is 2.31. The van der Waals surface area contributed by atoms with Gasteiger partial charge in [-0.15, -0.1) is 0 Å². The van der Waals surface area contributed by atoms with Gasteiger partial charge in [-0.25, -0.2) is 8.42 Å². The highest BCUT2D eigenvalue weighted by Gasteiger charge is 2.36. The maximum absolute atomic E-state index is 13.0. The average molecular weight is 316 g/mol. The van der Waals surface area contributed by atoms with Crippen LogP contribution >= 0.6 is 0 Å². The lowest BCUT2D eigenvalue weighted by Gasteiger charge is -2.27. The highest BCUT2D eigenvalue weighted by atomic mass is 32.2. The van der Waals surface area contributed by atoms with Crippen molar-refractivity contribution < 1.29 is 17.9 Å². The van der Waals surface area contributed by atoms with Gasteiger partial charge in [-0.2, -0.15) is 4.31 Å². The largest absolute Gasteiger partial charge is 0.465 e. The number of hydrogen-bond acceptors (Lipinski definition) is 5. The Morgan fingerprint density at radius 3 is 2.57 bits per heavy atom. The first-order valence-corrected chi connectivity index (χ1v) is 8.63. The molecule has 7 heteroatoms. The van der Waals surface area contributed by atoms with Crippen LogP contribution in [0.5, 0.6) is 0 Å². The van der Waals surface area contributed by atoms with E-state index in [1.807, 2.05) is 14.0 Å². The van der Waals surface area contributed by atoms with Crippen LogP contribution in [0.2, 0.25) is 0 Å². The Bertz CT molecular complexity index is 609. The molecular formula is C14H24N2O4S. The van der Waals surface area contributed by atoms with E-state index in [-0.39, 0.29) is 17.5 Å². The molecule has 6 nitrogen and oxygen atoms in total. The minimum atomic E-state index is -3.66. The molecule has 1 aliphatic heterocycles. The van der Waals surface area contributed by atoms with Crippen LogP contribution in [0.1, 0.15) is 30.4 Å². The summed E-state index contributed by atoms with van der Waals surface area (Å²) in [5, 5.41) is 9.49. The minimum Gasteiger partial charge on any atom is -0.465 e. The summed E-state index contributed by atoms with van der Waals surface area (Å²) < 4.78 is 33.0. The second kappa shape index (κ2) is 6.08. The Kier molecular flexibility index (Phi) is 4.77. The predicted octanol–water partition coefficient (Wildman–Crippen LogP) is 1.10. The minimum absolute atomic E-state index is 0.108. The van der Waals surface area contributed by atoms with Crippen molar-refractivity contribution in [2.24, 2.45) is 0 Å². The number of nitrogens with zero attached hydrogens (tertiary/aromatic N) is 2. The van der Waals surface area contributed by atoms with Crippen molar-refractivity contribution >= 4 is 10.0 Å². The molecule has 0 aliphatic carbocycles. The number of sulfonamides is 1. The van der Waals surface area contributed by atoms with Gasteiger partial charge in [-0.1, -0.05) is 0 Å². The van der Waals surface area contributed by atoms with Gasteiger partial charge < -0.3 is 14.4 Å². The Balaban J connectivity index is 2.46. The van der Waals surface area contributed by atoms with E-state index in [1.165, 1.54) is 4.31 Å². The lowest BCUT2D eigenvalue weighted by atomic mass is 10.2. The quantitative estimate of drug-likeness (QED) is 0.904. The van der Waals surface area contributed by atoms with Crippen LogP contribution in [0.4, 0.5) is 0 Å². The molecule has 120 valence electrons. The number of rotatable bonds is 3. The van der Waals surface area contributed by atoms with Crippen molar-refractivity contribution in [2.45, 2.75) is 44.7 Å². The van der Waals surface area contributed by atoms with Crippen molar-refractivity contribution in [2.75, 3.05) is 26.7 Å². The van der Waals surface area contributed by atoms with E-state index in [1.54, 1.807) is 13.8 Å². The first-order valence-electron chi connectivity index (χ1n) is 7.19. The molecule has 0 saturated carbocycles. The average Bonchev–Trinajstić information content (AvgIpc) is 2.56. The van der Waals surface area contributed by atoms with Crippen LogP contribution in [0.25, 0.3) is 0 Å². The second-order valence-electron chi connectivity index (χ2n) is 5.76. The number of aliphatic hydroxyl groups is 1. The van der Waals surface area contributed by atoms with Crippen LogP contribution < -0.4 is 0 Å². The van der Waals surface area contributed by atoms with Gasteiger partial charge in [0.1, 0.15) is 16.4 Å². The molecule has 1 N–H and O–H groups in total. The zero-order valence-corrected chi connectivity index (χ0v) is 13.9. The Morgan fingerprint density at radius 2 is 1.95 bits per heavy atom. The summed E-state index contributed by atoms with van der Waals surface area (Å²) in [5.74, 6) is 0.814. The van der Waals surface area contributed by atoms with Crippen LogP contribution in [0.15, 0.2) is 9.31 Å². The Labute approximate surface area is 126 Å². The van der Waals surface area contributed by atoms with E-state index in [0.29, 0.717) is 30.2 Å². The predicted molar refractivity (Wildman–Crippen MR) is 79.6 cm³/mol. The summed E-state index contributed by atoms with van der Waals surface area (Å²) in [4.78, 5) is 2.28. The maximum atomic E-state index is 13.0. The molecule has 0 spiro atoms. The monoisotopic (exact) mass is 316 g/mol. The van der Waals surface area contributed by atoms with Crippen molar-refractivity contribution in [3.63, 3.8) is 0 Å². The van der Waals surface area contributed by atoms with E-state index >= 15 is 0 Å². The zero-order chi connectivity index (χ0) is 15.8. The first kappa shape index (κ1) is 16.5. The molecule has 2 heterocycles. The SMILES string of the molecule is Cc1oc(C)c(S(=O)(=O)N2CCCN(C)CC2C)c1CO. The fraction of sp³-hybridized carbons (Fsp3) is 0.714. The maximum Gasteiger partial charge on any atom is 0.247 e. The third-order valence-electron chi connectivity index (χ3n) is 4.04. The zero-order valence-electron chi connectivity index (χ0n) is 13.1.